The molecule has 0 spiro atoms. The monoisotopic (exact) mass is 270 g/mol. The second-order valence-electron chi connectivity index (χ2n) is 4.00. The SMILES string of the molecule is Cc1nc(NC(=O)c2ccc(-n3cnnn3)cc2)n[nH]1. The summed E-state index contributed by atoms with van der Waals surface area (Å²) in [6, 6.07) is 6.83. The van der Waals surface area contributed by atoms with E-state index in [-0.39, 0.29) is 11.9 Å². The van der Waals surface area contributed by atoms with Crippen molar-refractivity contribution >= 4 is 11.9 Å². The number of nitrogens with zero attached hydrogens (tertiary/aromatic N) is 6. The van der Waals surface area contributed by atoms with Crippen LogP contribution >= 0.6 is 0 Å². The molecule has 0 unspecified atom stereocenters. The van der Waals surface area contributed by atoms with Crippen molar-refractivity contribution in [3.63, 3.8) is 0 Å². The molecule has 0 radical (unpaired) electrons. The molecule has 0 atom stereocenters. The van der Waals surface area contributed by atoms with Crippen molar-refractivity contribution in [1.29, 1.82) is 0 Å². The van der Waals surface area contributed by atoms with Crippen molar-refractivity contribution in [2.75, 3.05) is 5.32 Å². The summed E-state index contributed by atoms with van der Waals surface area (Å²) in [4.78, 5) is 16.0. The quantitative estimate of drug-likeness (QED) is 0.709. The summed E-state index contributed by atoms with van der Waals surface area (Å²) in [6.07, 6.45) is 1.48. The van der Waals surface area contributed by atoms with Crippen LogP contribution < -0.4 is 5.32 Å². The van der Waals surface area contributed by atoms with Gasteiger partial charge in [-0.3, -0.25) is 15.2 Å². The number of H-pyrrole nitrogens is 1. The summed E-state index contributed by atoms with van der Waals surface area (Å²) in [5.41, 5.74) is 1.25. The van der Waals surface area contributed by atoms with Gasteiger partial charge in [-0.05, 0) is 41.6 Å². The second kappa shape index (κ2) is 4.88. The van der Waals surface area contributed by atoms with Gasteiger partial charge in [0.25, 0.3) is 5.91 Å². The van der Waals surface area contributed by atoms with E-state index in [1.165, 1.54) is 11.0 Å². The Balaban J connectivity index is 1.75. The van der Waals surface area contributed by atoms with E-state index in [2.05, 4.69) is 36.0 Å². The number of nitrogens with one attached hydrogen (secondary N) is 2. The summed E-state index contributed by atoms with van der Waals surface area (Å²) >= 11 is 0. The molecule has 1 aromatic carbocycles. The van der Waals surface area contributed by atoms with E-state index >= 15 is 0 Å². The molecular formula is C11H10N8O. The van der Waals surface area contributed by atoms with E-state index < -0.39 is 0 Å². The predicted octanol–water partition coefficient (Wildman–Crippen LogP) is 0.341. The third-order valence-electron chi connectivity index (χ3n) is 2.57. The van der Waals surface area contributed by atoms with Crippen LogP contribution in [0.1, 0.15) is 16.2 Å². The number of carbonyl (C=O) groups is 1. The highest BCUT2D eigenvalue weighted by atomic mass is 16.1. The third kappa shape index (κ3) is 2.36. The molecule has 2 N–H and O–H groups in total. The lowest BCUT2D eigenvalue weighted by Gasteiger charge is -2.02. The molecule has 0 saturated carbocycles. The first-order chi connectivity index (χ1) is 9.72. The van der Waals surface area contributed by atoms with E-state index in [0.29, 0.717) is 11.4 Å². The molecule has 1 amide bonds. The van der Waals surface area contributed by atoms with E-state index in [9.17, 15) is 4.79 Å². The molecule has 2 aromatic heterocycles. The van der Waals surface area contributed by atoms with E-state index in [1.807, 2.05) is 0 Å². The Kier molecular flexibility index (Phi) is 2.92. The minimum absolute atomic E-state index is 0.247. The summed E-state index contributed by atoms with van der Waals surface area (Å²) in [6.45, 7) is 1.75. The molecule has 9 nitrogen and oxygen atoms in total. The molecule has 100 valence electrons. The number of aromatic nitrogens is 7. The Bertz CT molecular complexity index is 715. The van der Waals surface area contributed by atoms with Gasteiger partial charge in [-0.15, -0.1) is 10.2 Å². The minimum Gasteiger partial charge on any atom is -0.289 e. The number of tetrazole rings is 1. The zero-order valence-corrected chi connectivity index (χ0v) is 10.5. The number of hydrogen-bond donors (Lipinski definition) is 2. The number of benzene rings is 1. The molecule has 9 heteroatoms. The average Bonchev–Trinajstić information content (AvgIpc) is 3.11. The van der Waals surface area contributed by atoms with Crippen molar-refractivity contribution in [1.82, 2.24) is 35.4 Å². The first kappa shape index (κ1) is 12.0. The van der Waals surface area contributed by atoms with E-state index in [1.54, 1.807) is 31.2 Å². The average molecular weight is 270 g/mol. The van der Waals surface area contributed by atoms with Gasteiger partial charge in [0.2, 0.25) is 5.95 Å². The van der Waals surface area contributed by atoms with Crippen LogP contribution in [0, 0.1) is 6.92 Å². The van der Waals surface area contributed by atoms with Gasteiger partial charge in [0.05, 0.1) is 5.69 Å². The molecule has 0 bridgehead atoms. The van der Waals surface area contributed by atoms with Crippen molar-refractivity contribution in [2.24, 2.45) is 0 Å². The first-order valence-electron chi connectivity index (χ1n) is 5.76. The molecule has 0 aliphatic rings. The lowest BCUT2D eigenvalue weighted by atomic mass is 10.2. The van der Waals surface area contributed by atoms with Crippen LogP contribution in [0.15, 0.2) is 30.6 Å². The zero-order chi connectivity index (χ0) is 13.9. The highest BCUT2D eigenvalue weighted by Crippen LogP contribution is 2.09. The van der Waals surface area contributed by atoms with Crippen LogP contribution in [0.25, 0.3) is 5.69 Å². The molecule has 3 rings (SSSR count). The fourth-order valence-corrected chi connectivity index (χ4v) is 1.62. The van der Waals surface area contributed by atoms with Gasteiger partial charge < -0.3 is 0 Å². The fourth-order valence-electron chi connectivity index (χ4n) is 1.62. The Labute approximate surface area is 113 Å². The first-order valence-corrected chi connectivity index (χ1v) is 5.76. The maximum atomic E-state index is 12.0. The molecule has 0 aliphatic carbocycles. The maximum absolute atomic E-state index is 12.0. The Morgan fingerprint density at radius 1 is 1.30 bits per heavy atom. The highest BCUT2D eigenvalue weighted by molar-refractivity contribution is 6.03. The lowest BCUT2D eigenvalue weighted by molar-refractivity contribution is 0.102. The smallest absolute Gasteiger partial charge is 0.258 e. The van der Waals surface area contributed by atoms with Crippen LogP contribution in [-0.2, 0) is 0 Å². The fraction of sp³-hybridized carbons (Fsp3) is 0.0909. The van der Waals surface area contributed by atoms with Gasteiger partial charge in [-0.25, -0.2) is 4.68 Å². The summed E-state index contributed by atoms with van der Waals surface area (Å²) in [5.74, 6) is 0.596. The highest BCUT2D eigenvalue weighted by Gasteiger charge is 2.09. The Morgan fingerprint density at radius 2 is 2.10 bits per heavy atom. The predicted molar refractivity (Wildman–Crippen MR) is 68.2 cm³/mol. The number of amides is 1. The van der Waals surface area contributed by atoms with Gasteiger partial charge in [-0.2, -0.15) is 4.98 Å². The van der Waals surface area contributed by atoms with Crippen molar-refractivity contribution < 1.29 is 4.79 Å². The standard InChI is InChI=1S/C11H10N8O/c1-7-13-11(16-15-7)14-10(20)8-2-4-9(5-3-8)19-6-12-17-18-19/h2-6H,1H3,(H2,13,14,15,16,20). The largest absolute Gasteiger partial charge is 0.289 e. The topological polar surface area (TPSA) is 114 Å². The van der Waals surface area contributed by atoms with Crippen LogP contribution in [0.2, 0.25) is 0 Å². The molecule has 20 heavy (non-hydrogen) atoms. The van der Waals surface area contributed by atoms with Gasteiger partial charge in [0.15, 0.2) is 0 Å². The molecule has 0 aliphatic heterocycles. The number of rotatable bonds is 3. The van der Waals surface area contributed by atoms with E-state index in [0.717, 1.165) is 5.69 Å². The maximum Gasteiger partial charge on any atom is 0.258 e. The van der Waals surface area contributed by atoms with Crippen LogP contribution in [0.5, 0.6) is 0 Å². The second-order valence-corrected chi connectivity index (χ2v) is 4.00. The number of carbonyl (C=O) groups excluding carboxylic acids is 1. The molecule has 3 aromatic rings. The number of anilines is 1. The van der Waals surface area contributed by atoms with E-state index in [4.69, 9.17) is 0 Å². The zero-order valence-electron chi connectivity index (χ0n) is 10.5. The normalized spacial score (nSPS) is 10.4. The van der Waals surface area contributed by atoms with Gasteiger partial charge >= 0.3 is 0 Å². The van der Waals surface area contributed by atoms with Gasteiger partial charge in [0.1, 0.15) is 12.2 Å². The lowest BCUT2D eigenvalue weighted by Crippen LogP contribution is -2.13. The van der Waals surface area contributed by atoms with Crippen molar-refractivity contribution in [3.05, 3.63) is 42.0 Å². The molecule has 0 saturated heterocycles. The minimum atomic E-state index is -0.285. The van der Waals surface area contributed by atoms with Crippen molar-refractivity contribution in [2.45, 2.75) is 6.92 Å². The van der Waals surface area contributed by atoms with Crippen LogP contribution in [0.3, 0.4) is 0 Å². The third-order valence-corrected chi connectivity index (χ3v) is 2.57. The number of aryl methyl sites for hydroxylation is 1. The molecular weight excluding hydrogens is 260 g/mol. The Morgan fingerprint density at radius 3 is 2.70 bits per heavy atom. The van der Waals surface area contributed by atoms with Gasteiger partial charge in [0, 0.05) is 5.56 Å². The van der Waals surface area contributed by atoms with Gasteiger partial charge in [-0.1, -0.05) is 0 Å². The van der Waals surface area contributed by atoms with Crippen LogP contribution in [0.4, 0.5) is 5.95 Å². The Hall–Kier alpha value is -3.10. The molecule has 0 fully saturated rings. The summed E-state index contributed by atoms with van der Waals surface area (Å²) in [5, 5.41) is 19.9. The summed E-state index contributed by atoms with van der Waals surface area (Å²) in [7, 11) is 0. The summed E-state index contributed by atoms with van der Waals surface area (Å²) < 4.78 is 1.50. The molecule has 2 heterocycles. The van der Waals surface area contributed by atoms with Crippen molar-refractivity contribution in [3.8, 4) is 5.69 Å². The number of aromatic amines is 1. The van der Waals surface area contributed by atoms with Crippen LogP contribution in [-0.4, -0.2) is 41.3 Å². The number of hydrogen-bond acceptors (Lipinski definition) is 6.